The molecule has 2 aromatic heterocycles. The van der Waals surface area contributed by atoms with Crippen LogP contribution in [-0.4, -0.2) is 76.1 Å². The Bertz CT molecular complexity index is 1280. The number of hydrogen-bond acceptors (Lipinski definition) is 8. The molecule has 1 saturated heterocycles. The number of carbonyl (C=O) groups is 1. The molecule has 11 heteroatoms. The van der Waals surface area contributed by atoms with Gasteiger partial charge in [-0.1, -0.05) is 0 Å². The SMILES string of the molecule is COc1cc(C(=O)N2CCN(C)C[C@H]2C)ccc1Nc1nc(OCC2CC2)c2c(C)cn(SI)c2n1. The van der Waals surface area contributed by atoms with E-state index < -0.39 is 0 Å². The Morgan fingerprint density at radius 2 is 2.08 bits per heavy atom. The lowest BCUT2D eigenvalue weighted by Crippen LogP contribution is -2.52. The van der Waals surface area contributed by atoms with Crippen molar-refractivity contribution in [3.8, 4) is 11.6 Å². The van der Waals surface area contributed by atoms with Crippen molar-refractivity contribution in [3.63, 3.8) is 0 Å². The van der Waals surface area contributed by atoms with Crippen LogP contribution in [0.3, 0.4) is 0 Å². The van der Waals surface area contributed by atoms with Gasteiger partial charge in [-0.05, 0) is 63.4 Å². The number of amides is 1. The Kier molecular flexibility index (Phi) is 7.49. The third-order valence-electron chi connectivity index (χ3n) is 6.78. The molecule has 1 aliphatic heterocycles. The summed E-state index contributed by atoms with van der Waals surface area (Å²) in [7, 11) is 5.23. The lowest BCUT2D eigenvalue weighted by Gasteiger charge is -2.38. The van der Waals surface area contributed by atoms with Crippen LogP contribution in [-0.2, 0) is 0 Å². The first-order chi connectivity index (χ1) is 17.4. The standard InChI is InChI=1S/C25H31IN6O3S/c1-15-12-32(36-26)22-21(15)23(35-14-17-5-6-17)29-25(28-22)27-19-8-7-18(11-20(19)34-4)24(33)31-10-9-30(3)13-16(31)2/h7-8,11-12,16-17H,5-6,9-10,13-14H2,1-4H3,(H,27,28,29)/t16-/m1/s1. The van der Waals surface area contributed by atoms with Gasteiger partial charge in [0.1, 0.15) is 5.75 Å². The average molecular weight is 623 g/mol. The van der Waals surface area contributed by atoms with Crippen LogP contribution in [0.1, 0.15) is 35.7 Å². The zero-order valence-corrected chi connectivity index (χ0v) is 23.9. The summed E-state index contributed by atoms with van der Waals surface area (Å²) >= 11 is 2.24. The fraction of sp³-hybridized carbons (Fsp3) is 0.480. The van der Waals surface area contributed by atoms with Crippen LogP contribution in [0.2, 0.25) is 0 Å². The van der Waals surface area contributed by atoms with Gasteiger partial charge in [0, 0.05) is 67.8 Å². The maximum atomic E-state index is 13.2. The fourth-order valence-corrected chi connectivity index (χ4v) is 5.88. The van der Waals surface area contributed by atoms with Gasteiger partial charge < -0.3 is 24.6 Å². The Morgan fingerprint density at radius 1 is 1.28 bits per heavy atom. The molecule has 0 spiro atoms. The van der Waals surface area contributed by atoms with Crippen molar-refractivity contribution >= 4 is 58.9 Å². The highest BCUT2D eigenvalue weighted by atomic mass is 127. The molecular weight excluding hydrogens is 591 g/mol. The van der Waals surface area contributed by atoms with Gasteiger partial charge in [0.25, 0.3) is 5.91 Å². The van der Waals surface area contributed by atoms with E-state index in [2.05, 4.69) is 45.4 Å². The summed E-state index contributed by atoms with van der Waals surface area (Å²) < 4.78 is 13.8. The van der Waals surface area contributed by atoms with Gasteiger partial charge in [-0.15, -0.1) is 0 Å². The number of hydrogen-bond donors (Lipinski definition) is 1. The quantitative estimate of drug-likeness (QED) is 0.356. The molecule has 36 heavy (non-hydrogen) atoms. The van der Waals surface area contributed by atoms with E-state index in [4.69, 9.17) is 19.4 Å². The van der Waals surface area contributed by atoms with Crippen LogP contribution < -0.4 is 14.8 Å². The maximum Gasteiger partial charge on any atom is 0.254 e. The molecule has 0 bridgehead atoms. The Balaban J connectivity index is 1.43. The van der Waals surface area contributed by atoms with E-state index in [1.165, 1.54) is 12.8 Å². The van der Waals surface area contributed by atoms with Gasteiger partial charge in [0.2, 0.25) is 11.8 Å². The van der Waals surface area contributed by atoms with Gasteiger partial charge in [-0.2, -0.15) is 9.97 Å². The summed E-state index contributed by atoms with van der Waals surface area (Å²) in [6, 6.07) is 5.62. The predicted octanol–water partition coefficient (Wildman–Crippen LogP) is 4.90. The number of ether oxygens (including phenoxy) is 2. The van der Waals surface area contributed by atoms with E-state index in [9.17, 15) is 4.79 Å². The summed E-state index contributed by atoms with van der Waals surface area (Å²) in [6.07, 6.45) is 4.46. The van der Waals surface area contributed by atoms with Crippen molar-refractivity contribution in [2.24, 2.45) is 5.92 Å². The second-order valence-corrected chi connectivity index (χ2v) is 11.4. The number of fused-ring (bicyclic) bond motifs is 1. The molecule has 9 nitrogen and oxygen atoms in total. The second-order valence-electron chi connectivity index (χ2n) is 9.66. The van der Waals surface area contributed by atoms with Gasteiger partial charge in [-0.3, -0.25) is 8.77 Å². The molecule has 1 amide bonds. The van der Waals surface area contributed by atoms with Gasteiger partial charge in [-0.25, -0.2) is 0 Å². The van der Waals surface area contributed by atoms with E-state index in [-0.39, 0.29) is 11.9 Å². The van der Waals surface area contributed by atoms with Crippen LogP contribution in [0.15, 0.2) is 24.4 Å². The van der Waals surface area contributed by atoms with Crippen molar-refractivity contribution in [1.82, 2.24) is 23.7 Å². The number of rotatable bonds is 8. The molecule has 192 valence electrons. The molecule has 1 atom stereocenters. The minimum atomic E-state index is 0.0151. The molecule has 2 fully saturated rings. The summed E-state index contributed by atoms with van der Waals surface area (Å²) in [5.41, 5.74) is 3.16. The number of aryl methyl sites for hydroxylation is 1. The highest BCUT2D eigenvalue weighted by Gasteiger charge is 2.27. The summed E-state index contributed by atoms with van der Waals surface area (Å²) in [6.45, 7) is 7.25. The second kappa shape index (κ2) is 10.6. The first-order valence-corrected chi connectivity index (χ1v) is 15.5. The summed E-state index contributed by atoms with van der Waals surface area (Å²) in [5, 5.41) is 4.23. The molecule has 2 aliphatic rings. The molecular formula is C25H31IN6O3S. The predicted molar refractivity (Wildman–Crippen MR) is 152 cm³/mol. The molecule has 0 radical (unpaired) electrons. The number of methoxy groups -OCH3 is 1. The molecule has 1 saturated carbocycles. The number of benzene rings is 1. The smallest absolute Gasteiger partial charge is 0.254 e. The Labute approximate surface area is 227 Å². The first-order valence-electron chi connectivity index (χ1n) is 12.1. The van der Waals surface area contributed by atoms with E-state index >= 15 is 0 Å². The summed E-state index contributed by atoms with van der Waals surface area (Å²) in [4.78, 5) is 26.9. The molecule has 1 aliphatic carbocycles. The average Bonchev–Trinajstić information content (AvgIpc) is 3.64. The highest BCUT2D eigenvalue weighted by molar-refractivity contribution is 14.2. The van der Waals surface area contributed by atoms with Crippen molar-refractivity contribution in [3.05, 3.63) is 35.5 Å². The van der Waals surface area contributed by atoms with E-state index in [1.54, 1.807) is 22.3 Å². The van der Waals surface area contributed by atoms with Crippen LogP contribution in [0.4, 0.5) is 11.6 Å². The number of nitrogens with one attached hydrogen (secondary N) is 1. The molecule has 0 unspecified atom stereocenters. The summed E-state index contributed by atoms with van der Waals surface area (Å²) in [5.74, 6) is 2.19. The fourth-order valence-electron chi connectivity index (χ4n) is 4.58. The maximum absolute atomic E-state index is 13.2. The van der Waals surface area contributed by atoms with Gasteiger partial charge in [0.15, 0.2) is 5.65 Å². The molecule has 5 rings (SSSR count). The third-order valence-corrected chi connectivity index (χ3v) is 8.48. The number of carbonyl (C=O) groups excluding carboxylic acids is 1. The number of halogens is 1. The molecule has 3 heterocycles. The van der Waals surface area contributed by atoms with Crippen LogP contribution in [0.5, 0.6) is 11.6 Å². The first kappa shape index (κ1) is 25.4. The number of nitrogens with zero attached hydrogens (tertiary/aromatic N) is 5. The topological polar surface area (TPSA) is 84.8 Å². The molecule has 1 N–H and O–H groups in total. The van der Waals surface area contributed by atoms with Crippen molar-refractivity contribution in [2.75, 3.05) is 45.7 Å². The number of anilines is 2. The lowest BCUT2D eigenvalue weighted by molar-refractivity contribution is 0.0533. The van der Waals surface area contributed by atoms with Crippen molar-refractivity contribution < 1.29 is 14.3 Å². The van der Waals surface area contributed by atoms with E-state index in [0.29, 0.717) is 47.9 Å². The van der Waals surface area contributed by atoms with Crippen LogP contribution >= 0.6 is 30.3 Å². The van der Waals surface area contributed by atoms with Crippen molar-refractivity contribution in [2.45, 2.75) is 32.7 Å². The highest BCUT2D eigenvalue weighted by Crippen LogP contribution is 2.36. The normalized spacial score (nSPS) is 18.5. The number of aromatic nitrogens is 3. The molecule has 1 aromatic carbocycles. The largest absolute Gasteiger partial charge is 0.495 e. The number of piperazine rings is 1. The van der Waals surface area contributed by atoms with E-state index in [1.807, 2.05) is 34.1 Å². The monoisotopic (exact) mass is 622 g/mol. The minimum absolute atomic E-state index is 0.0151. The van der Waals surface area contributed by atoms with Crippen LogP contribution in [0, 0.1) is 12.8 Å². The van der Waals surface area contributed by atoms with Gasteiger partial charge in [0.05, 0.1) is 24.8 Å². The van der Waals surface area contributed by atoms with Gasteiger partial charge >= 0.3 is 0 Å². The van der Waals surface area contributed by atoms with E-state index in [0.717, 1.165) is 29.7 Å². The number of likely N-dealkylation sites (N-methyl/N-ethyl adjacent to an activating group) is 1. The van der Waals surface area contributed by atoms with Crippen molar-refractivity contribution in [1.29, 1.82) is 0 Å². The third kappa shape index (κ3) is 5.23. The lowest BCUT2D eigenvalue weighted by atomic mass is 10.1. The zero-order valence-electron chi connectivity index (χ0n) is 21.0. The Morgan fingerprint density at radius 3 is 2.78 bits per heavy atom. The zero-order chi connectivity index (χ0) is 25.4. The Hall–Kier alpha value is -2.25. The minimum Gasteiger partial charge on any atom is -0.495 e. The molecule has 3 aromatic rings. The van der Waals surface area contributed by atoms with Crippen LogP contribution in [0.25, 0.3) is 11.0 Å².